The van der Waals surface area contributed by atoms with Gasteiger partial charge in [0.15, 0.2) is 0 Å². The molecule has 0 aromatic rings. The van der Waals surface area contributed by atoms with Gasteiger partial charge in [0.05, 0.1) is 7.11 Å². The van der Waals surface area contributed by atoms with Gasteiger partial charge >= 0.3 is 5.97 Å². The van der Waals surface area contributed by atoms with Crippen molar-refractivity contribution in [3.63, 3.8) is 0 Å². The number of rotatable bonds is 4. The lowest BCUT2D eigenvalue weighted by molar-refractivity contribution is -0.147. The summed E-state index contributed by atoms with van der Waals surface area (Å²) in [5, 5.41) is 6.21. The quantitative estimate of drug-likeness (QED) is 0.773. The molecule has 2 aliphatic rings. The Balaban J connectivity index is 0.00000220. The standard InChI is InChI=1S/C15H26N2O3.ClH/c1-20-15(19)13(11-5-3-2-4-6-11)17-14(18)12-7-9-16-10-8-12;/h11-13,16H,2-10H2,1H3,(H,17,18);1H/t13-;/m0./s1. The van der Waals surface area contributed by atoms with Crippen molar-refractivity contribution in [2.24, 2.45) is 11.8 Å². The first-order valence-corrected chi connectivity index (χ1v) is 7.81. The van der Waals surface area contributed by atoms with Gasteiger partial charge < -0.3 is 15.4 Å². The van der Waals surface area contributed by atoms with E-state index in [0.29, 0.717) is 0 Å². The Kier molecular flexibility index (Phi) is 8.04. The minimum atomic E-state index is -0.456. The van der Waals surface area contributed by atoms with Crippen LogP contribution < -0.4 is 10.6 Å². The average Bonchev–Trinajstić information content (AvgIpc) is 2.53. The summed E-state index contributed by atoms with van der Waals surface area (Å²) in [6, 6.07) is -0.456. The van der Waals surface area contributed by atoms with Crippen LogP contribution in [0.1, 0.15) is 44.9 Å². The fourth-order valence-electron chi connectivity index (χ4n) is 3.32. The van der Waals surface area contributed by atoms with E-state index in [9.17, 15) is 9.59 Å². The van der Waals surface area contributed by atoms with Gasteiger partial charge in [-0.25, -0.2) is 4.79 Å². The SMILES string of the molecule is COC(=O)[C@@H](NC(=O)C1CCNCC1)C1CCCCC1.Cl. The van der Waals surface area contributed by atoms with Crippen molar-refractivity contribution < 1.29 is 14.3 Å². The minimum Gasteiger partial charge on any atom is -0.467 e. The Labute approximate surface area is 133 Å². The molecule has 2 N–H and O–H groups in total. The minimum absolute atomic E-state index is 0. The number of carbonyl (C=O) groups excluding carboxylic acids is 2. The van der Waals surface area contributed by atoms with Crippen molar-refractivity contribution in [2.75, 3.05) is 20.2 Å². The maximum absolute atomic E-state index is 12.3. The molecule has 122 valence electrons. The van der Waals surface area contributed by atoms with Gasteiger partial charge in [0.25, 0.3) is 0 Å². The van der Waals surface area contributed by atoms with Crippen molar-refractivity contribution in [3.05, 3.63) is 0 Å². The summed E-state index contributed by atoms with van der Waals surface area (Å²) in [6.45, 7) is 1.76. The normalized spacial score (nSPS) is 22.0. The number of hydrogen-bond donors (Lipinski definition) is 2. The van der Waals surface area contributed by atoms with E-state index >= 15 is 0 Å². The Morgan fingerprint density at radius 3 is 2.29 bits per heavy atom. The zero-order chi connectivity index (χ0) is 14.4. The lowest BCUT2D eigenvalue weighted by atomic mass is 9.83. The molecule has 0 radical (unpaired) electrons. The molecule has 0 aromatic carbocycles. The topological polar surface area (TPSA) is 67.4 Å². The van der Waals surface area contributed by atoms with Crippen LogP contribution in [-0.4, -0.2) is 38.1 Å². The molecule has 1 atom stereocenters. The van der Waals surface area contributed by atoms with E-state index in [1.54, 1.807) is 0 Å². The lowest BCUT2D eigenvalue weighted by Gasteiger charge is -2.31. The van der Waals surface area contributed by atoms with E-state index in [0.717, 1.165) is 51.6 Å². The first-order chi connectivity index (χ1) is 9.72. The predicted octanol–water partition coefficient (Wildman–Crippen LogP) is 1.65. The molecule has 21 heavy (non-hydrogen) atoms. The molecule has 2 rings (SSSR count). The molecule has 0 unspecified atom stereocenters. The highest BCUT2D eigenvalue weighted by Crippen LogP contribution is 2.27. The van der Waals surface area contributed by atoms with Crippen LogP contribution in [0.4, 0.5) is 0 Å². The van der Waals surface area contributed by atoms with Crippen LogP contribution in [0.3, 0.4) is 0 Å². The lowest BCUT2D eigenvalue weighted by Crippen LogP contribution is -2.50. The van der Waals surface area contributed by atoms with Crippen LogP contribution >= 0.6 is 12.4 Å². The molecule has 6 heteroatoms. The van der Waals surface area contributed by atoms with E-state index in [1.165, 1.54) is 13.5 Å². The van der Waals surface area contributed by atoms with Crippen molar-refractivity contribution >= 4 is 24.3 Å². The number of esters is 1. The molecule has 5 nitrogen and oxygen atoms in total. The van der Waals surface area contributed by atoms with Crippen LogP contribution in [0.2, 0.25) is 0 Å². The molecular formula is C15H27ClN2O3. The van der Waals surface area contributed by atoms with E-state index in [4.69, 9.17) is 4.74 Å². The smallest absolute Gasteiger partial charge is 0.328 e. The average molecular weight is 319 g/mol. The maximum atomic E-state index is 12.3. The Morgan fingerprint density at radius 2 is 1.71 bits per heavy atom. The molecule has 0 bridgehead atoms. The number of methoxy groups -OCH3 is 1. The molecule has 0 spiro atoms. The fraction of sp³-hybridized carbons (Fsp3) is 0.867. The van der Waals surface area contributed by atoms with Gasteiger partial charge in [-0.15, -0.1) is 12.4 Å². The second kappa shape index (κ2) is 9.26. The Bertz CT molecular complexity index is 340. The number of ether oxygens (including phenoxy) is 1. The summed E-state index contributed by atoms with van der Waals surface area (Å²) in [7, 11) is 1.40. The van der Waals surface area contributed by atoms with E-state index in [-0.39, 0.29) is 36.1 Å². The zero-order valence-electron chi connectivity index (χ0n) is 12.7. The number of amides is 1. The zero-order valence-corrected chi connectivity index (χ0v) is 13.5. The summed E-state index contributed by atoms with van der Waals surface area (Å²) >= 11 is 0. The van der Waals surface area contributed by atoms with E-state index in [2.05, 4.69) is 10.6 Å². The van der Waals surface area contributed by atoms with Crippen LogP contribution in [0.15, 0.2) is 0 Å². The maximum Gasteiger partial charge on any atom is 0.328 e. The summed E-state index contributed by atoms with van der Waals surface area (Å²) < 4.78 is 4.89. The second-order valence-electron chi connectivity index (χ2n) is 5.93. The van der Waals surface area contributed by atoms with Gasteiger partial charge in [-0.1, -0.05) is 19.3 Å². The fourth-order valence-corrected chi connectivity index (χ4v) is 3.32. The molecule has 1 aliphatic heterocycles. The third kappa shape index (κ3) is 5.15. The van der Waals surface area contributed by atoms with Gasteiger partial charge in [-0.2, -0.15) is 0 Å². The van der Waals surface area contributed by atoms with Crippen molar-refractivity contribution in [3.8, 4) is 0 Å². The van der Waals surface area contributed by atoms with Crippen molar-refractivity contribution in [1.82, 2.24) is 10.6 Å². The summed E-state index contributed by atoms with van der Waals surface area (Å²) in [6.07, 6.45) is 7.22. The predicted molar refractivity (Wildman–Crippen MR) is 83.4 cm³/mol. The number of carbonyl (C=O) groups is 2. The molecule has 1 saturated heterocycles. The van der Waals surface area contributed by atoms with Crippen LogP contribution in [-0.2, 0) is 14.3 Å². The third-order valence-electron chi connectivity index (χ3n) is 4.58. The summed E-state index contributed by atoms with van der Waals surface area (Å²) in [4.78, 5) is 24.3. The highest BCUT2D eigenvalue weighted by atomic mass is 35.5. The molecule has 1 heterocycles. The Morgan fingerprint density at radius 1 is 1.10 bits per heavy atom. The molecule has 0 aromatic heterocycles. The van der Waals surface area contributed by atoms with Gasteiger partial charge in [-0.3, -0.25) is 4.79 Å². The molecule has 1 aliphatic carbocycles. The first kappa shape index (κ1) is 18.2. The van der Waals surface area contributed by atoms with Crippen LogP contribution in [0.25, 0.3) is 0 Å². The van der Waals surface area contributed by atoms with E-state index in [1.807, 2.05) is 0 Å². The second-order valence-corrected chi connectivity index (χ2v) is 5.93. The molecule has 2 fully saturated rings. The highest BCUT2D eigenvalue weighted by molar-refractivity contribution is 5.86. The van der Waals surface area contributed by atoms with Crippen LogP contribution in [0, 0.1) is 11.8 Å². The van der Waals surface area contributed by atoms with Gasteiger partial charge in [0, 0.05) is 5.92 Å². The van der Waals surface area contributed by atoms with Crippen molar-refractivity contribution in [1.29, 1.82) is 0 Å². The van der Waals surface area contributed by atoms with Gasteiger partial charge in [-0.05, 0) is 44.7 Å². The summed E-state index contributed by atoms with van der Waals surface area (Å²) in [5.41, 5.74) is 0. The third-order valence-corrected chi connectivity index (χ3v) is 4.58. The highest BCUT2D eigenvalue weighted by Gasteiger charge is 2.33. The Hall–Kier alpha value is -0.810. The number of hydrogen-bond acceptors (Lipinski definition) is 4. The number of halogens is 1. The van der Waals surface area contributed by atoms with Gasteiger partial charge in [0.2, 0.25) is 5.91 Å². The van der Waals surface area contributed by atoms with Crippen LogP contribution in [0.5, 0.6) is 0 Å². The molecule has 1 amide bonds. The number of piperidine rings is 1. The summed E-state index contributed by atoms with van der Waals surface area (Å²) in [5.74, 6) is 0.000482. The van der Waals surface area contributed by atoms with E-state index < -0.39 is 6.04 Å². The first-order valence-electron chi connectivity index (χ1n) is 7.81. The van der Waals surface area contributed by atoms with Gasteiger partial charge in [0.1, 0.15) is 6.04 Å². The molecular weight excluding hydrogens is 292 g/mol. The van der Waals surface area contributed by atoms with Crippen molar-refractivity contribution in [2.45, 2.75) is 51.0 Å². The monoisotopic (exact) mass is 318 g/mol. The number of nitrogens with one attached hydrogen (secondary N) is 2. The largest absolute Gasteiger partial charge is 0.467 e. The molecule has 1 saturated carbocycles.